The molecule has 0 bridgehead atoms. The Morgan fingerprint density at radius 3 is 2.17 bits per heavy atom. The third kappa shape index (κ3) is 6.77. The molecule has 0 unspecified atom stereocenters. The molecule has 0 fully saturated rings. The smallest absolute Gasteiger partial charge is 0.333 e. The third-order valence-electron chi connectivity index (χ3n) is 4.53. The van der Waals surface area contributed by atoms with Crippen molar-refractivity contribution in [2.75, 3.05) is 27.4 Å². The number of nitrogens with zero attached hydrogens (tertiary/aromatic N) is 1. The SMILES string of the molecule is C=C(I)N(CCOc1ccc(C[C@H](OC)C(=O)O)cc1)C(=C)c1ccc(OC)cc1. The van der Waals surface area contributed by atoms with Crippen LogP contribution in [0.25, 0.3) is 5.70 Å². The van der Waals surface area contributed by atoms with Gasteiger partial charge in [0.25, 0.3) is 0 Å². The van der Waals surface area contributed by atoms with E-state index < -0.39 is 12.1 Å². The second-order valence-corrected chi connectivity index (χ2v) is 7.71. The Morgan fingerprint density at radius 2 is 1.67 bits per heavy atom. The summed E-state index contributed by atoms with van der Waals surface area (Å²) in [7, 11) is 3.03. The summed E-state index contributed by atoms with van der Waals surface area (Å²) in [5, 5.41) is 9.08. The normalized spacial score (nSPS) is 11.4. The lowest BCUT2D eigenvalue weighted by Gasteiger charge is -2.26. The average molecular weight is 523 g/mol. The summed E-state index contributed by atoms with van der Waals surface area (Å²) in [6.45, 7) is 9.25. The van der Waals surface area contributed by atoms with E-state index >= 15 is 0 Å². The minimum atomic E-state index is -0.978. The van der Waals surface area contributed by atoms with Gasteiger partial charge in [0.05, 0.1) is 17.4 Å². The number of methoxy groups -OCH3 is 2. The molecule has 2 rings (SSSR count). The van der Waals surface area contributed by atoms with E-state index in [0.717, 1.165) is 26.3 Å². The Labute approximate surface area is 190 Å². The molecule has 0 amide bonds. The van der Waals surface area contributed by atoms with Gasteiger partial charge in [0.15, 0.2) is 6.10 Å². The third-order valence-corrected chi connectivity index (χ3v) is 5.11. The highest BCUT2D eigenvalue weighted by Gasteiger charge is 2.17. The standard InChI is InChI=1S/C23H26INO5/c1-16(19-7-11-20(28-3)12-8-19)25(17(2)24)13-14-30-21-9-5-18(6-10-21)15-22(29-4)23(26)27/h5-12,22H,1-2,13-15H2,3-4H3,(H,26,27)/t22-/m0/s1. The Kier molecular flexibility index (Phi) is 9.19. The van der Waals surface area contributed by atoms with Gasteiger partial charge in [-0.15, -0.1) is 0 Å². The van der Waals surface area contributed by atoms with Gasteiger partial charge in [-0.2, -0.15) is 0 Å². The van der Waals surface area contributed by atoms with Crippen LogP contribution in [0.1, 0.15) is 11.1 Å². The van der Waals surface area contributed by atoms with Crippen LogP contribution in [0.2, 0.25) is 0 Å². The van der Waals surface area contributed by atoms with E-state index in [-0.39, 0.29) is 0 Å². The van der Waals surface area contributed by atoms with Gasteiger partial charge in [0.1, 0.15) is 18.1 Å². The van der Waals surface area contributed by atoms with Gasteiger partial charge in [-0.3, -0.25) is 0 Å². The summed E-state index contributed by atoms with van der Waals surface area (Å²) in [4.78, 5) is 13.1. The number of ether oxygens (including phenoxy) is 3. The molecular weight excluding hydrogens is 497 g/mol. The molecule has 0 heterocycles. The summed E-state index contributed by atoms with van der Waals surface area (Å²) in [5.41, 5.74) is 2.67. The van der Waals surface area contributed by atoms with Gasteiger partial charge < -0.3 is 24.2 Å². The first-order valence-electron chi connectivity index (χ1n) is 9.28. The van der Waals surface area contributed by atoms with Crippen molar-refractivity contribution in [1.29, 1.82) is 0 Å². The molecule has 2 aromatic carbocycles. The first kappa shape index (κ1) is 23.8. The number of hydrogen-bond acceptors (Lipinski definition) is 5. The summed E-state index contributed by atoms with van der Waals surface area (Å²) in [6.07, 6.45) is -0.556. The van der Waals surface area contributed by atoms with Crippen LogP contribution >= 0.6 is 22.6 Å². The van der Waals surface area contributed by atoms with Crippen LogP contribution in [0.4, 0.5) is 0 Å². The highest BCUT2D eigenvalue weighted by atomic mass is 127. The molecule has 30 heavy (non-hydrogen) atoms. The van der Waals surface area contributed by atoms with E-state index in [1.165, 1.54) is 7.11 Å². The molecule has 1 atom stereocenters. The number of carboxylic acids is 1. The fraction of sp³-hybridized carbons (Fsp3) is 0.261. The molecule has 0 aromatic heterocycles. The minimum absolute atomic E-state index is 0.302. The maximum Gasteiger partial charge on any atom is 0.333 e. The number of rotatable bonds is 12. The second-order valence-electron chi connectivity index (χ2n) is 6.46. The van der Waals surface area contributed by atoms with Crippen LogP contribution in [0.15, 0.2) is 65.4 Å². The van der Waals surface area contributed by atoms with Crippen LogP contribution in [-0.2, 0) is 16.0 Å². The summed E-state index contributed by atoms with van der Waals surface area (Å²) >= 11 is 2.17. The molecule has 0 saturated carbocycles. The lowest BCUT2D eigenvalue weighted by molar-refractivity contribution is -0.148. The second kappa shape index (κ2) is 11.6. The number of carboxylic acid groups (broad SMARTS) is 1. The number of carbonyl (C=O) groups is 1. The van der Waals surface area contributed by atoms with Gasteiger partial charge in [0.2, 0.25) is 0 Å². The van der Waals surface area contributed by atoms with Gasteiger partial charge >= 0.3 is 5.97 Å². The van der Waals surface area contributed by atoms with Crippen LogP contribution in [-0.4, -0.2) is 49.5 Å². The molecule has 1 N–H and O–H groups in total. The molecule has 0 aliphatic rings. The van der Waals surface area contributed by atoms with Crippen molar-refractivity contribution in [3.63, 3.8) is 0 Å². The highest BCUT2D eigenvalue weighted by Crippen LogP contribution is 2.26. The first-order chi connectivity index (χ1) is 14.3. The number of benzene rings is 2. The lowest BCUT2D eigenvalue weighted by Crippen LogP contribution is -2.25. The zero-order valence-corrected chi connectivity index (χ0v) is 19.3. The predicted molar refractivity (Wildman–Crippen MR) is 126 cm³/mol. The van der Waals surface area contributed by atoms with Crippen LogP contribution in [0.5, 0.6) is 11.5 Å². The van der Waals surface area contributed by atoms with Crippen LogP contribution in [0.3, 0.4) is 0 Å². The fourth-order valence-corrected chi connectivity index (χ4v) is 3.34. The van der Waals surface area contributed by atoms with E-state index in [1.807, 2.05) is 53.4 Å². The number of halogens is 1. The van der Waals surface area contributed by atoms with E-state index in [4.69, 9.17) is 19.3 Å². The van der Waals surface area contributed by atoms with Crippen molar-refractivity contribution in [1.82, 2.24) is 4.90 Å². The van der Waals surface area contributed by atoms with E-state index in [0.29, 0.717) is 25.3 Å². The largest absolute Gasteiger partial charge is 0.497 e. The lowest BCUT2D eigenvalue weighted by atomic mass is 10.1. The molecule has 0 aliphatic heterocycles. The monoisotopic (exact) mass is 523 g/mol. The van der Waals surface area contributed by atoms with E-state index in [9.17, 15) is 4.79 Å². The molecular formula is C23H26INO5. The molecule has 0 saturated heterocycles. The van der Waals surface area contributed by atoms with Crippen molar-refractivity contribution in [3.05, 3.63) is 76.5 Å². The van der Waals surface area contributed by atoms with Gasteiger partial charge in [-0.1, -0.05) is 25.3 Å². The van der Waals surface area contributed by atoms with E-state index in [1.54, 1.807) is 7.11 Å². The fourth-order valence-electron chi connectivity index (χ4n) is 2.80. The maximum atomic E-state index is 11.1. The zero-order chi connectivity index (χ0) is 22.1. The summed E-state index contributed by atoms with van der Waals surface area (Å²) in [5.74, 6) is 0.518. The van der Waals surface area contributed by atoms with Crippen molar-refractivity contribution in [2.45, 2.75) is 12.5 Å². The Hall–Kier alpha value is -2.52. The van der Waals surface area contributed by atoms with Gasteiger partial charge in [-0.25, -0.2) is 4.79 Å². The molecule has 6 nitrogen and oxygen atoms in total. The summed E-state index contributed by atoms with van der Waals surface area (Å²) in [6, 6.07) is 15.0. The molecule has 0 spiro atoms. The molecule has 7 heteroatoms. The van der Waals surface area contributed by atoms with Gasteiger partial charge in [0, 0.05) is 19.2 Å². The summed E-state index contributed by atoms with van der Waals surface area (Å²) < 4.78 is 16.9. The maximum absolute atomic E-state index is 11.1. The van der Waals surface area contributed by atoms with E-state index in [2.05, 4.69) is 35.7 Å². The van der Waals surface area contributed by atoms with Crippen molar-refractivity contribution in [2.24, 2.45) is 0 Å². The Morgan fingerprint density at radius 1 is 1.07 bits per heavy atom. The first-order valence-corrected chi connectivity index (χ1v) is 10.4. The van der Waals surface area contributed by atoms with Crippen molar-refractivity contribution >= 4 is 34.3 Å². The number of hydrogen-bond donors (Lipinski definition) is 1. The average Bonchev–Trinajstić information content (AvgIpc) is 2.75. The molecule has 2 aromatic rings. The highest BCUT2D eigenvalue weighted by molar-refractivity contribution is 14.1. The van der Waals surface area contributed by atoms with Crippen molar-refractivity contribution in [3.8, 4) is 11.5 Å². The molecule has 0 aliphatic carbocycles. The van der Waals surface area contributed by atoms with Crippen LogP contribution < -0.4 is 9.47 Å². The minimum Gasteiger partial charge on any atom is -0.497 e. The van der Waals surface area contributed by atoms with Crippen molar-refractivity contribution < 1.29 is 24.1 Å². The topological polar surface area (TPSA) is 68.2 Å². The molecule has 0 radical (unpaired) electrons. The molecule has 160 valence electrons. The quantitative estimate of drug-likeness (QED) is 0.324. The Balaban J connectivity index is 1.93. The van der Waals surface area contributed by atoms with Gasteiger partial charge in [-0.05, 0) is 70.1 Å². The zero-order valence-electron chi connectivity index (χ0n) is 17.1. The van der Waals surface area contributed by atoms with Crippen LogP contribution in [0, 0.1) is 0 Å². The number of aliphatic carboxylic acids is 1. The predicted octanol–water partition coefficient (Wildman–Crippen LogP) is 4.60. The Bertz CT molecular complexity index is 864.